The lowest BCUT2D eigenvalue weighted by molar-refractivity contribution is -0.120. The van der Waals surface area contributed by atoms with E-state index >= 15 is 0 Å². The second-order valence-corrected chi connectivity index (χ2v) is 5.35. The van der Waals surface area contributed by atoms with Crippen molar-refractivity contribution in [3.8, 4) is 5.75 Å². The molecule has 132 valence electrons. The first-order valence-electron chi connectivity index (χ1n) is 7.58. The summed E-state index contributed by atoms with van der Waals surface area (Å²) in [7, 11) is 1.36. The van der Waals surface area contributed by atoms with Crippen LogP contribution in [-0.2, 0) is 4.79 Å². The van der Waals surface area contributed by atoms with Crippen molar-refractivity contribution in [2.24, 2.45) is 0 Å². The van der Waals surface area contributed by atoms with Gasteiger partial charge in [-0.2, -0.15) is 0 Å². The molecule has 0 aliphatic carbocycles. The number of carbonyl (C=O) groups is 2. The Hall–Kier alpha value is -2.96. The van der Waals surface area contributed by atoms with Crippen molar-refractivity contribution in [3.05, 3.63) is 65.2 Å². The number of nitrogens with one attached hydrogen (secondary N) is 2. The van der Waals surface area contributed by atoms with Crippen LogP contribution in [0.4, 0.5) is 8.78 Å². The van der Waals surface area contributed by atoms with Crippen molar-refractivity contribution in [3.63, 3.8) is 0 Å². The Balaban J connectivity index is 1.90. The molecule has 0 spiro atoms. The van der Waals surface area contributed by atoms with Crippen LogP contribution in [0.3, 0.4) is 0 Å². The molecule has 0 saturated carbocycles. The molecule has 0 unspecified atom stereocenters. The second-order valence-electron chi connectivity index (χ2n) is 5.35. The predicted molar refractivity (Wildman–Crippen MR) is 88.2 cm³/mol. The Labute approximate surface area is 144 Å². The number of amides is 2. The Morgan fingerprint density at radius 1 is 1.12 bits per heavy atom. The molecule has 7 heteroatoms. The lowest BCUT2D eigenvalue weighted by atomic mass is 10.1. The number of hydrogen-bond donors (Lipinski definition) is 2. The van der Waals surface area contributed by atoms with Crippen molar-refractivity contribution < 1.29 is 23.1 Å². The quantitative estimate of drug-likeness (QED) is 0.843. The summed E-state index contributed by atoms with van der Waals surface area (Å²) in [4.78, 5) is 23.8. The first kappa shape index (κ1) is 18.4. The van der Waals surface area contributed by atoms with Gasteiger partial charge in [-0.25, -0.2) is 8.78 Å². The molecular formula is C18H18F2N2O3. The third kappa shape index (κ3) is 4.76. The summed E-state index contributed by atoms with van der Waals surface area (Å²) in [5.41, 5.74) is 0.410. The zero-order valence-corrected chi connectivity index (χ0v) is 13.8. The van der Waals surface area contributed by atoms with E-state index in [1.165, 1.54) is 37.4 Å². The van der Waals surface area contributed by atoms with E-state index in [9.17, 15) is 18.4 Å². The highest BCUT2D eigenvalue weighted by molar-refractivity contribution is 5.96. The average Bonchev–Trinajstić information content (AvgIpc) is 2.60. The monoisotopic (exact) mass is 348 g/mol. The van der Waals surface area contributed by atoms with E-state index < -0.39 is 29.5 Å². The topological polar surface area (TPSA) is 67.4 Å². The van der Waals surface area contributed by atoms with E-state index in [-0.39, 0.29) is 17.9 Å². The highest BCUT2D eigenvalue weighted by atomic mass is 19.1. The van der Waals surface area contributed by atoms with Gasteiger partial charge >= 0.3 is 0 Å². The number of halogens is 2. The lowest BCUT2D eigenvalue weighted by Gasteiger charge is -2.15. The van der Waals surface area contributed by atoms with Crippen LogP contribution in [0.25, 0.3) is 0 Å². The van der Waals surface area contributed by atoms with E-state index in [0.717, 1.165) is 6.07 Å². The van der Waals surface area contributed by atoms with Gasteiger partial charge in [-0.1, -0.05) is 18.2 Å². The summed E-state index contributed by atoms with van der Waals surface area (Å²) < 4.78 is 32.0. The van der Waals surface area contributed by atoms with Crippen molar-refractivity contribution >= 4 is 11.8 Å². The largest absolute Gasteiger partial charge is 0.494 e. The maximum absolute atomic E-state index is 13.7. The van der Waals surface area contributed by atoms with Crippen molar-refractivity contribution in [2.75, 3.05) is 13.7 Å². The van der Waals surface area contributed by atoms with Crippen molar-refractivity contribution in [1.82, 2.24) is 10.6 Å². The molecule has 25 heavy (non-hydrogen) atoms. The van der Waals surface area contributed by atoms with E-state index in [0.29, 0.717) is 5.56 Å². The number of benzene rings is 2. The molecular weight excluding hydrogens is 330 g/mol. The minimum absolute atomic E-state index is 0.111. The molecule has 0 aliphatic heterocycles. The molecule has 2 aromatic rings. The fraction of sp³-hybridized carbons (Fsp3) is 0.222. The molecule has 2 aromatic carbocycles. The molecule has 0 aromatic heterocycles. The summed E-state index contributed by atoms with van der Waals surface area (Å²) in [6, 6.07) is 9.37. The van der Waals surface area contributed by atoms with E-state index in [4.69, 9.17) is 4.74 Å². The molecule has 0 fully saturated rings. The van der Waals surface area contributed by atoms with Crippen LogP contribution in [0.15, 0.2) is 42.5 Å². The highest BCUT2D eigenvalue weighted by Crippen LogP contribution is 2.21. The molecule has 0 saturated heterocycles. The molecule has 0 heterocycles. The fourth-order valence-electron chi connectivity index (χ4n) is 2.23. The lowest BCUT2D eigenvalue weighted by Crippen LogP contribution is -2.38. The molecule has 0 bridgehead atoms. The van der Waals surface area contributed by atoms with Gasteiger partial charge in [0.1, 0.15) is 5.82 Å². The van der Waals surface area contributed by atoms with Crippen LogP contribution in [0.5, 0.6) is 5.75 Å². The first-order valence-corrected chi connectivity index (χ1v) is 7.58. The Kier molecular flexibility index (Phi) is 6.05. The number of ether oxygens (including phenoxy) is 1. The summed E-state index contributed by atoms with van der Waals surface area (Å²) in [5.74, 6) is -2.25. The fourth-order valence-corrected chi connectivity index (χ4v) is 2.23. The van der Waals surface area contributed by atoms with Gasteiger partial charge in [0.05, 0.1) is 25.3 Å². The summed E-state index contributed by atoms with van der Waals surface area (Å²) in [5, 5.41) is 4.97. The summed E-state index contributed by atoms with van der Waals surface area (Å²) >= 11 is 0. The van der Waals surface area contributed by atoms with Crippen molar-refractivity contribution in [1.29, 1.82) is 0 Å². The number of methoxy groups -OCH3 is 1. The number of rotatable bonds is 6. The van der Waals surface area contributed by atoms with Gasteiger partial charge in [0, 0.05) is 0 Å². The molecule has 2 amide bonds. The van der Waals surface area contributed by atoms with E-state index in [1.807, 2.05) is 0 Å². The van der Waals surface area contributed by atoms with Crippen LogP contribution >= 0.6 is 0 Å². The molecule has 2 N–H and O–H groups in total. The van der Waals surface area contributed by atoms with E-state index in [2.05, 4.69) is 10.6 Å². The molecule has 2 rings (SSSR count). The van der Waals surface area contributed by atoms with Crippen LogP contribution in [0.2, 0.25) is 0 Å². The van der Waals surface area contributed by atoms with Gasteiger partial charge in [0.2, 0.25) is 5.91 Å². The van der Waals surface area contributed by atoms with E-state index in [1.54, 1.807) is 13.0 Å². The van der Waals surface area contributed by atoms with Crippen LogP contribution in [0.1, 0.15) is 28.9 Å². The maximum atomic E-state index is 13.7. The Bertz CT molecular complexity index is 781. The number of carbonyl (C=O) groups excluding carboxylic acids is 2. The van der Waals surface area contributed by atoms with Crippen LogP contribution in [-0.4, -0.2) is 25.5 Å². The normalized spacial score (nSPS) is 11.5. The van der Waals surface area contributed by atoms with Gasteiger partial charge in [-0.15, -0.1) is 0 Å². The third-order valence-corrected chi connectivity index (χ3v) is 3.58. The Morgan fingerprint density at radius 3 is 2.48 bits per heavy atom. The highest BCUT2D eigenvalue weighted by Gasteiger charge is 2.15. The van der Waals surface area contributed by atoms with Crippen LogP contribution < -0.4 is 15.4 Å². The molecule has 0 radical (unpaired) electrons. The standard InChI is InChI=1S/C18H18F2N2O3/c1-11(12-7-8-16(25-2)15(20)9-12)22-17(23)10-21-18(24)13-5-3-4-6-14(13)19/h3-9,11H,10H2,1-2H3,(H,21,24)(H,22,23)/t11-/m1/s1. The summed E-state index contributed by atoms with van der Waals surface area (Å²) in [6.07, 6.45) is 0. The summed E-state index contributed by atoms with van der Waals surface area (Å²) in [6.45, 7) is 1.36. The van der Waals surface area contributed by atoms with Crippen LogP contribution in [0, 0.1) is 11.6 Å². The smallest absolute Gasteiger partial charge is 0.254 e. The third-order valence-electron chi connectivity index (χ3n) is 3.58. The molecule has 0 aliphatic rings. The Morgan fingerprint density at radius 2 is 1.84 bits per heavy atom. The molecule has 1 atom stereocenters. The molecule has 5 nitrogen and oxygen atoms in total. The second kappa shape index (κ2) is 8.23. The predicted octanol–water partition coefficient (Wildman–Crippen LogP) is 2.58. The van der Waals surface area contributed by atoms with Gasteiger partial charge < -0.3 is 15.4 Å². The minimum Gasteiger partial charge on any atom is -0.494 e. The maximum Gasteiger partial charge on any atom is 0.254 e. The zero-order valence-electron chi connectivity index (χ0n) is 13.8. The minimum atomic E-state index is -0.684. The average molecular weight is 348 g/mol. The van der Waals surface area contributed by atoms with Gasteiger partial charge in [0.25, 0.3) is 5.91 Å². The zero-order chi connectivity index (χ0) is 18.4. The van der Waals surface area contributed by atoms with Gasteiger partial charge in [0.15, 0.2) is 11.6 Å². The number of hydrogen-bond acceptors (Lipinski definition) is 3. The van der Waals surface area contributed by atoms with Gasteiger partial charge in [-0.3, -0.25) is 9.59 Å². The van der Waals surface area contributed by atoms with Crippen molar-refractivity contribution in [2.45, 2.75) is 13.0 Å². The first-order chi connectivity index (χ1) is 11.9. The van der Waals surface area contributed by atoms with Gasteiger partial charge in [-0.05, 0) is 36.8 Å². The SMILES string of the molecule is COc1ccc([C@@H](C)NC(=O)CNC(=O)c2ccccc2F)cc1F.